The van der Waals surface area contributed by atoms with Crippen LogP contribution < -0.4 is 5.73 Å². The average molecular weight is 434 g/mol. The molecule has 1 aromatic carbocycles. The van der Waals surface area contributed by atoms with Crippen molar-refractivity contribution in [1.29, 1.82) is 0 Å². The van der Waals surface area contributed by atoms with Gasteiger partial charge < -0.3 is 10.8 Å². The summed E-state index contributed by atoms with van der Waals surface area (Å²) in [6.45, 7) is 7.86. The van der Waals surface area contributed by atoms with Crippen molar-refractivity contribution in [2.24, 2.45) is 10.7 Å². The minimum atomic E-state index is -0.931. The van der Waals surface area contributed by atoms with Crippen molar-refractivity contribution >= 4 is 23.0 Å². The zero-order valence-corrected chi connectivity index (χ0v) is 18.6. The summed E-state index contributed by atoms with van der Waals surface area (Å²) in [6, 6.07) is 6.98. The van der Waals surface area contributed by atoms with Crippen LogP contribution in [0.15, 0.2) is 29.3 Å². The number of nitrogens with zero attached hydrogens (tertiary/aromatic N) is 4. The van der Waals surface area contributed by atoms with E-state index in [1.54, 1.807) is 11.3 Å². The number of aryl methyl sites for hydroxylation is 2. The van der Waals surface area contributed by atoms with Crippen LogP contribution in [0.25, 0.3) is 5.00 Å². The van der Waals surface area contributed by atoms with Gasteiger partial charge in [0.1, 0.15) is 16.9 Å². The van der Waals surface area contributed by atoms with Gasteiger partial charge in [-0.15, -0.1) is 21.5 Å². The van der Waals surface area contributed by atoms with Crippen LogP contribution in [0, 0.1) is 32.6 Å². The van der Waals surface area contributed by atoms with E-state index in [0.717, 1.165) is 33.0 Å². The largest absolute Gasteiger partial charge is 0.481 e. The molecule has 2 unspecified atom stereocenters. The molecule has 4 rings (SSSR count). The molecule has 0 saturated carbocycles. The molecule has 31 heavy (non-hydrogen) atoms. The first-order valence-electron chi connectivity index (χ1n) is 9.96. The number of aliphatic carboxylic acids is 1. The van der Waals surface area contributed by atoms with Crippen molar-refractivity contribution in [3.63, 3.8) is 0 Å². The second-order valence-electron chi connectivity index (χ2n) is 7.63. The second-order valence-corrected chi connectivity index (χ2v) is 8.83. The van der Waals surface area contributed by atoms with Crippen LogP contribution in [0.3, 0.4) is 0 Å². The van der Waals surface area contributed by atoms with E-state index in [1.165, 1.54) is 4.88 Å². The van der Waals surface area contributed by atoms with E-state index < -0.39 is 12.0 Å². The number of nitrogens with two attached hydrogens (primary N) is 1. The highest BCUT2D eigenvalue weighted by atomic mass is 32.1. The molecule has 8 heteroatoms. The van der Waals surface area contributed by atoms with E-state index in [1.807, 2.05) is 42.7 Å². The molecule has 0 amide bonds. The Morgan fingerprint density at radius 2 is 1.97 bits per heavy atom. The van der Waals surface area contributed by atoms with Crippen LogP contribution in [-0.4, -0.2) is 37.6 Å². The van der Waals surface area contributed by atoms with Crippen LogP contribution in [0.4, 0.5) is 0 Å². The molecule has 0 fully saturated rings. The maximum Gasteiger partial charge on any atom is 0.306 e. The Kier molecular flexibility index (Phi) is 5.48. The number of hydrogen-bond donors (Lipinski definition) is 2. The van der Waals surface area contributed by atoms with E-state index in [-0.39, 0.29) is 12.5 Å². The Bertz CT molecular complexity index is 1260. The van der Waals surface area contributed by atoms with Gasteiger partial charge in [0.25, 0.3) is 0 Å². The smallest absolute Gasteiger partial charge is 0.306 e. The summed E-state index contributed by atoms with van der Waals surface area (Å²) in [4.78, 5) is 17.7. The van der Waals surface area contributed by atoms with Gasteiger partial charge in [0.15, 0.2) is 5.82 Å². The molecular formula is C23H23N5O2S. The van der Waals surface area contributed by atoms with Crippen LogP contribution in [0.1, 0.15) is 58.2 Å². The number of carboxylic acid groups (broad SMARTS) is 1. The molecule has 1 aliphatic rings. The minimum Gasteiger partial charge on any atom is -0.481 e. The lowest BCUT2D eigenvalue weighted by Crippen LogP contribution is -2.11. The maximum absolute atomic E-state index is 11.6. The first-order valence-corrected chi connectivity index (χ1v) is 10.8. The quantitative estimate of drug-likeness (QED) is 0.616. The summed E-state index contributed by atoms with van der Waals surface area (Å²) in [5, 5.41) is 19.0. The molecule has 0 bridgehead atoms. The molecule has 3 heterocycles. The average Bonchev–Trinajstić information content (AvgIpc) is 3.19. The fraction of sp³-hybridized carbons (Fsp3) is 0.304. The molecule has 158 valence electrons. The third-order valence-corrected chi connectivity index (χ3v) is 6.40. The fourth-order valence-corrected chi connectivity index (χ4v) is 4.81. The van der Waals surface area contributed by atoms with Crippen molar-refractivity contribution in [3.8, 4) is 16.8 Å². The molecule has 0 radical (unpaired) electrons. The highest BCUT2D eigenvalue weighted by molar-refractivity contribution is 7.15. The molecule has 7 nitrogen and oxygen atoms in total. The highest BCUT2D eigenvalue weighted by Gasteiger charge is 2.32. The number of aromatic nitrogens is 3. The van der Waals surface area contributed by atoms with Gasteiger partial charge in [-0.05, 0) is 45.4 Å². The topological polar surface area (TPSA) is 106 Å². The molecule has 2 atom stereocenters. The van der Waals surface area contributed by atoms with Gasteiger partial charge in [-0.1, -0.05) is 24.0 Å². The summed E-state index contributed by atoms with van der Waals surface area (Å²) >= 11 is 1.64. The van der Waals surface area contributed by atoms with E-state index in [0.29, 0.717) is 11.6 Å². The predicted molar refractivity (Wildman–Crippen MR) is 121 cm³/mol. The molecule has 2 aromatic heterocycles. The fourth-order valence-electron chi connectivity index (χ4n) is 3.60. The summed E-state index contributed by atoms with van der Waals surface area (Å²) in [5.41, 5.74) is 10.4. The number of aliphatic imine (C=N–C) groups is 1. The summed E-state index contributed by atoms with van der Waals surface area (Å²) in [6.07, 6.45) is -0.160. The van der Waals surface area contributed by atoms with Crippen molar-refractivity contribution < 1.29 is 9.90 Å². The lowest BCUT2D eigenvalue weighted by atomic mass is 9.98. The van der Waals surface area contributed by atoms with Crippen LogP contribution in [0.2, 0.25) is 0 Å². The van der Waals surface area contributed by atoms with Gasteiger partial charge >= 0.3 is 5.97 Å². The van der Waals surface area contributed by atoms with Gasteiger partial charge in [0.2, 0.25) is 0 Å². The van der Waals surface area contributed by atoms with Gasteiger partial charge in [-0.3, -0.25) is 14.4 Å². The molecular weight excluding hydrogens is 410 g/mol. The van der Waals surface area contributed by atoms with Crippen molar-refractivity contribution in [2.45, 2.75) is 46.2 Å². The van der Waals surface area contributed by atoms with Gasteiger partial charge in [-0.25, -0.2) is 0 Å². The van der Waals surface area contributed by atoms with Gasteiger partial charge in [0, 0.05) is 21.6 Å². The third kappa shape index (κ3) is 3.90. The highest BCUT2D eigenvalue weighted by Crippen LogP contribution is 2.39. The normalized spacial score (nSPS) is 15.8. The van der Waals surface area contributed by atoms with E-state index in [2.05, 4.69) is 35.9 Å². The monoisotopic (exact) mass is 433 g/mol. The van der Waals surface area contributed by atoms with E-state index in [4.69, 9.17) is 10.7 Å². The number of rotatable bonds is 3. The minimum absolute atomic E-state index is 0.160. The van der Waals surface area contributed by atoms with Crippen LogP contribution >= 0.6 is 11.3 Å². The van der Waals surface area contributed by atoms with Crippen molar-refractivity contribution in [2.75, 3.05) is 0 Å². The number of benzene rings is 1. The molecule has 0 saturated heterocycles. The summed E-state index contributed by atoms with van der Waals surface area (Å²) in [5.74, 6) is 6.35. The maximum atomic E-state index is 11.6. The zero-order valence-electron chi connectivity index (χ0n) is 17.8. The number of hydrogen-bond acceptors (Lipinski definition) is 6. The SMILES string of the molecule is Cc1sc2c(c1C)C(c1ccc(C#CC(C)N)cc1)=NC(CC(=O)O)c1nnc(C)n1-2. The van der Waals surface area contributed by atoms with Crippen LogP contribution in [-0.2, 0) is 4.79 Å². The Balaban J connectivity index is 1.91. The standard InChI is InChI=1S/C23H23N5O2S/c1-12(24)5-6-16-7-9-17(10-8-16)21-20-13(2)14(3)31-23(20)28-15(4)26-27-22(28)18(25-21)11-19(29)30/h7-10,12,18H,11,24H2,1-4H3,(H,29,30). The summed E-state index contributed by atoms with van der Waals surface area (Å²) in [7, 11) is 0. The Hall–Kier alpha value is -3.28. The number of carbonyl (C=O) groups is 1. The lowest BCUT2D eigenvalue weighted by molar-refractivity contribution is -0.137. The third-order valence-electron chi connectivity index (χ3n) is 5.21. The number of thiophene rings is 1. The molecule has 3 N–H and O–H groups in total. The Morgan fingerprint density at radius 3 is 2.61 bits per heavy atom. The Morgan fingerprint density at radius 1 is 1.26 bits per heavy atom. The van der Waals surface area contributed by atoms with Gasteiger partial charge in [-0.2, -0.15) is 0 Å². The molecule has 1 aliphatic heterocycles. The van der Waals surface area contributed by atoms with E-state index in [9.17, 15) is 9.90 Å². The summed E-state index contributed by atoms with van der Waals surface area (Å²) < 4.78 is 1.95. The van der Waals surface area contributed by atoms with Crippen molar-refractivity contribution in [1.82, 2.24) is 14.8 Å². The predicted octanol–water partition coefficient (Wildman–Crippen LogP) is 3.32. The van der Waals surface area contributed by atoms with Gasteiger partial charge in [0.05, 0.1) is 18.2 Å². The zero-order chi connectivity index (χ0) is 22.3. The first kappa shape index (κ1) is 21.0. The lowest BCUT2D eigenvalue weighted by Gasteiger charge is -2.11. The van der Waals surface area contributed by atoms with Crippen molar-refractivity contribution in [3.05, 3.63) is 63.0 Å². The van der Waals surface area contributed by atoms with E-state index >= 15 is 0 Å². The number of carboxylic acids is 1. The molecule has 0 spiro atoms. The Labute approximate surface area is 184 Å². The molecule has 0 aliphatic carbocycles. The molecule has 3 aromatic rings. The second kappa shape index (κ2) is 8.10. The number of fused-ring (bicyclic) bond motifs is 3. The first-order chi connectivity index (χ1) is 14.8. The van der Waals surface area contributed by atoms with Crippen LogP contribution in [0.5, 0.6) is 0 Å².